The van der Waals surface area contributed by atoms with Crippen molar-refractivity contribution < 1.29 is 8.42 Å². The number of nitrogens with zero attached hydrogens (tertiary/aromatic N) is 1. The third kappa shape index (κ3) is 3.58. The van der Waals surface area contributed by atoms with Gasteiger partial charge in [-0.05, 0) is 45.0 Å². The van der Waals surface area contributed by atoms with Crippen molar-refractivity contribution in [3.63, 3.8) is 0 Å². The molecule has 0 spiro atoms. The van der Waals surface area contributed by atoms with Gasteiger partial charge in [-0.15, -0.1) is 0 Å². The van der Waals surface area contributed by atoms with Gasteiger partial charge in [0.1, 0.15) is 0 Å². The number of nitrogens with one attached hydrogen (secondary N) is 1. The number of likely N-dealkylation sites (tertiary alicyclic amines) is 1. The molecule has 4 nitrogen and oxygen atoms in total. The highest BCUT2D eigenvalue weighted by atomic mass is 32.2. The summed E-state index contributed by atoms with van der Waals surface area (Å²) in [6, 6.07) is 8.32. The predicted molar refractivity (Wildman–Crippen MR) is 86.5 cm³/mol. The van der Waals surface area contributed by atoms with Crippen LogP contribution in [-0.2, 0) is 9.84 Å². The molecule has 0 aliphatic carbocycles. The van der Waals surface area contributed by atoms with Crippen LogP contribution in [0.2, 0.25) is 0 Å². The Bertz CT molecular complexity index is 577. The first-order chi connectivity index (χ1) is 10.0. The van der Waals surface area contributed by atoms with E-state index >= 15 is 0 Å². The van der Waals surface area contributed by atoms with E-state index in [1.54, 1.807) is 0 Å². The number of rotatable bonds is 3. The molecule has 1 aromatic carbocycles. The standard InChI is InChI=1S/C16H24N2O2S/c1-13-5-7-14(8-6-13)17-15-11-21(19,20)12-16(15)18-9-3-2-4-10-18/h5-8,15-17H,2-4,9-12H2,1H3. The molecule has 1 N–H and O–H groups in total. The van der Waals surface area contributed by atoms with Gasteiger partial charge in [0.05, 0.1) is 17.5 Å². The van der Waals surface area contributed by atoms with Crippen molar-refractivity contribution in [2.45, 2.75) is 38.3 Å². The summed E-state index contributed by atoms with van der Waals surface area (Å²) in [7, 11) is -2.93. The molecular formula is C16H24N2O2S. The maximum atomic E-state index is 12.1. The van der Waals surface area contributed by atoms with Crippen molar-refractivity contribution in [3.05, 3.63) is 29.8 Å². The number of sulfone groups is 1. The molecule has 3 rings (SSSR count). The van der Waals surface area contributed by atoms with Crippen molar-refractivity contribution in [1.82, 2.24) is 4.90 Å². The van der Waals surface area contributed by atoms with Crippen LogP contribution >= 0.6 is 0 Å². The lowest BCUT2D eigenvalue weighted by Crippen LogP contribution is -2.48. The first-order valence-corrected chi connectivity index (χ1v) is 9.63. The van der Waals surface area contributed by atoms with Gasteiger partial charge in [-0.25, -0.2) is 8.42 Å². The SMILES string of the molecule is Cc1ccc(NC2CS(=O)(=O)CC2N2CCCCC2)cc1. The van der Waals surface area contributed by atoms with E-state index in [9.17, 15) is 8.42 Å². The number of piperidine rings is 1. The number of hydrogen-bond donors (Lipinski definition) is 1. The van der Waals surface area contributed by atoms with Crippen molar-refractivity contribution in [3.8, 4) is 0 Å². The van der Waals surface area contributed by atoms with Crippen LogP contribution in [0, 0.1) is 6.92 Å². The van der Waals surface area contributed by atoms with Crippen LogP contribution in [-0.4, -0.2) is 50.0 Å². The van der Waals surface area contributed by atoms with Crippen LogP contribution in [0.4, 0.5) is 5.69 Å². The highest BCUT2D eigenvalue weighted by Gasteiger charge is 2.41. The fourth-order valence-corrected chi connectivity index (χ4v) is 5.39. The monoisotopic (exact) mass is 308 g/mol. The van der Waals surface area contributed by atoms with Crippen LogP contribution in [0.1, 0.15) is 24.8 Å². The van der Waals surface area contributed by atoms with E-state index in [1.165, 1.54) is 24.8 Å². The van der Waals surface area contributed by atoms with Gasteiger partial charge in [0.25, 0.3) is 0 Å². The van der Waals surface area contributed by atoms with Crippen LogP contribution in [0.3, 0.4) is 0 Å². The third-order valence-corrected chi connectivity index (χ3v) is 6.30. The lowest BCUT2D eigenvalue weighted by atomic mass is 10.0. The fraction of sp³-hybridized carbons (Fsp3) is 0.625. The minimum atomic E-state index is -2.93. The fourth-order valence-electron chi connectivity index (χ4n) is 3.44. The molecule has 0 aromatic heterocycles. The molecule has 5 heteroatoms. The molecule has 21 heavy (non-hydrogen) atoms. The van der Waals surface area contributed by atoms with E-state index in [0.717, 1.165) is 18.8 Å². The molecule has 0 amide bonds. The summed E-state index contributed by atoms with van der Waals surface area (Å²) >= 11 is 0. The normalized spacial score (nSPS) is 29.4. The quantitative estimate of drug-likeness (QED) is 0.928. The van der Waals surface area contributed by atoms with Crippen molar-refractivity contribution >= 4 is 15.5 Å². The molecule has 1 aromatic rings. The summed E-state index contributed by atoms with van der Waals surface area (Å²) in [6.45, 7) is 4.12. The van der Waals surface area contributed by atoms with E-state index in [4.69, 9.17) is 0 Å². The molecule has 2 aliphatic rings. The summed E-state index contributed by atoms with van der Waals surface area (Å²) in [6.07, 6.45) is 3.65. The molecule has 0 bridgehead atoms. The van der Waals surface area contributed by atoms with Gasteiger partial charge in [-0.3, -0.25) is 4.90 Å². The van der Waals surface area contributed by atoms with E-state index in [-0.39, 0.29) is 17.8 Å². The van der Waals surface area contributed by atoms with Gasteiger partial charge in [-0.2, -0.15) is 0 Å². The molecule has 116 valence electrons. The van der Waals surface area contributed by atoms with Crippen LogP contribution < -0.4 is 5.32 Å². The summed E-state index contributed by atoms with van der Waals surface area (Å²) in [5.41, 5.74) is 2.23. The number of hydrogen-bond acceptors (Lipinski definition) is 4. The van der Waals surface area contributed by atoms with E-state index in [1.807, 2.05) is 12.1 Å². The van der Waals surface area contributed by atoms with Crippen molar-refractivity contribution in [2.75, 3.05) is 29.9 Å². The molecule has 2 aliphatic heterocycles. The zero-order valence-corrected chi connectivity index (χ0v) is 13.4. The van der Waals surface area contributed by atoms with Gasteiger partial charge < -0.3 is 5.32 Å². The first kappa shape index (κ1) is 14.9. The van der Waals surface area contributed by atoms with Crippen molar-refractivity contribution in [1.29, 1.82) is 0 Å². The van der Waals surface area contributed by atoms with Gasteiger partial charge in [0.15, 0.2) is 9.84 Å². The lowest BCUT2D eigenvalue weighted by Gasteiger charge is -2.35. The summed E-state index contributed by atoms with van der Waals surface area (Å²) in [4.78, 5) is 2.37. The van der Waals surface area contributed by atoms with Crippen LogP contribution in [0.25, 0.3) is 0 Å². The highest BCUT2D eigenvalue weighted by Crippen LogP contribution is 2.25. The number of aryl methyl sites for hydroxylation is 1. The summed E-state index contributed by atoms with van der Waals surface area (Å²) in [5, 5.41) is 3.45. The Kier molecular flexibility index (Phi) is 4.22. The summed E-state index contributed by atoms with van der Waals surface area (Å²) in [5.74, 6) is 0.554. The molecule has 2 heterocycles. The zero-order chi connectivity index (χ0) is 14.9. The maximum absolute atomic E-state index is 12.1. The van der Waals surface area contributed by atoms with E-state index < -0.39 is 9.84 Å². The van der Waals surface area contributed by atoms with Crippen LogP contribution in [0.5, 0.6) is 0 Å². The minimum Gasteiger partial charge on any atom is -0.380 e. The molecule has 2 atom stereocenters. The highest BCUT2D eigenvalue weighted by molar-refractivity contribution is 7.91. The molecule has 2 saturated heterocycles. The smallest absolute Gasteiger partial charge is 0.153 e. The van der Waals surface area contributed by atoms with Gasteiger partial charge in [0.2, 0.25) is 0 Å². The second-order valence-electron chi connectivity index (χ2n) is 6.36. The van der Waals surface area contributed by atoms with Crippen LogP contribution in [0.15, 0.2) is 24.3 Å². The Balaban J connectivity index is 1.75. The van der Waals surface area contributed by atoms with Gasteiger partial charge >= 0.3 is 0 Å². The Morgan fingerprint density at radius 2 is 1.71 bits per heavy atom. The lowest BCUT2D eigenvalue weighted by molar-refractivity contribution is 0.170. The molecule has 2 fully saturated rings. The topological polar surface area (TPSA) is 49.4 Å². The average molecular weight is 308 g/mol. The number of benzene rings is 1. The van der Waals surface area contributed by atoms with Crippen molar-refractivity contribution in [2.24, 2.45) is 0 Å². The maximum Gasteiger partial charge on any atom is 0.153 e. The second-order valence-corrected chi connectivity index (χ2v) is 8.51. The second kappa shape index (κ2) is 5.97. The molecule has 2 unspecified atom stereocenters. The largest absolute Gasteiger partial charge is 0.380 e. The molecule has 0 radical (unpaired) electrons. The van der Waals surface area contributed by atoms with Gasteiger partial charge in [-0.1, -0.05) is 24.1 Å². The Hall–Kier alpha value is -1.07. The molecule has 0 saturated carbocycles. The van der Waals surface area contributed by atoms with E-state index in [2.05, 4.69) is 29.3 Å². The predicted octanol–water partition coefficient (Wildman–Crippen LogP) is 2.06. The Morgan fingerprint density at radius 3 is 2.38 bits per heavy atom. The molecular weight excluding hydrogens is 284 g/mol. The number of anilines is 1. The zero-order valence-electron chi connectivity index (χ0n) is 12.6. The Morgan fingerprint density at radius 1 is 1.05 bits per heavy atom. The average Bonchev–Trinajstić information content (AvgIpc) is 2.77. The minimum absolute atomic E-state index is 0.0100. The van der Waals surface area contributed by atoms with Gasteiger partial charge in [0, 0.05) is 11.7 Å². The summed E-state index contributed by atoms with van der Waals surface area (Å²) < 4.78 is 24.1. The third-order valence-electron chi connectivity index (χ3n) is 4.59. The Labute approximate surface area is 127 Å². The van der Waals surface area contributed by atoms with E-state index in [0.29, 0.717) is 5.75 Å². The first-order valence-electron chi connectivity index (χ1n) is 7.81.